The van der Waals surface area contributed by atoms with Crippen molar-refractivity contribution in [1.82, 2.24) is 0 Å². The summed E-state index contributed by atoms with van der Waals surface area (Å²) in [6.07, 6.45) is -0.993. The fraction of sp³-hybridized carbons (Fsp3) is 0.250. The van der Waals surface area contributed by atoms with Gasteiger partial charge in [0.05, 0.1) is 0 Å². The van der Waals surface area contributed by atoms with Crippen molar-refractivity contribution in [2.75, 3.05) is 6.67 Å². The summed E-state index contributed by atoms with van der Waals surface area (Å²) in [5.41, 5.74) is 0.599. The molecule has 1 N–H and O–H groups in total. The van der Waals surface area contributed by atoms with Gasteiger partial charge in [0.2, 0.25) is 0 Å². The lowest BCUT2D eigenvalue weighted by molar-refractivity contribution is 0.141. The highest BCUT2D eigenvalue weighted by Crippen LogP contribution is 2.17. The van der Waals surface area contributed by atoms with Crippen molar-refractivity contribution < 1.29 is 9.50 Å². The van der Waals surface area contributed by atoms with Gasteiger partial charge in [0.25, 0.3) is 0 Å². The maximum Gasteiger partial charge on any atom is 0.119 e. The quantitative estimate of drug-likeness (QED) is 0.809. The standard InChI is InChI=1S/C8H8BrFO/c9-7-3-1-2-6(4-7)8(11)5-10/h1-4,8,11H,5H2/t8-/m0/s1. The van der Waals surface area contributed by atoms with Gasteiger partial charge in [-0.1, -0.05) is 28.1 Å². The minimum Gasteiger partial charge on any atom is -0.386 e. The van der Waals surface area contributed by atoms with Crippen LogP contribution in [-0.2, 0) is 0 Å². The maximum atomic E-state index is 11.9. The molecule has 1 atom stereocenters. The van der Waals surface area contributed by atoms with Gasteiger partial charge in [0.15, 0.2) is 0 Å². The molecule has 0 saturated heterocycles. The number of aliphatic hydroxyl groups excluding tert-OH is 1. The molecule has 0 aromatic heterocycles. The minimum absolute atomic E-state index is 0.599. The molecule has 0 fully saturated rings. The lowest BCUT2D eigenvalue weighted by Gasteiger charge is -2.05. The van der Waals surface area contributed by atoms with Crippen molar-refractivity contribution >= 4 is 15.9 Å². The number of alkyl halides is 1. The summed E-state index contributed by atoms with van der Waals surface area (Å²) >= 11 is 3.23. The molecule has 1 aromatic carbocycles. The largest absolute Gasteiger partial charge is 0.386 e. The molecule has 1 nitrogen and oxygen atoms in total. The molecular formula is C8H8BrFO. The van der Waals surface area contributed by atoms with Crippen LogP contribution >= 0.6 is 15.9 Å². The number of benzene rings is 1. The molecule has 0 heterocycles. The van der Waals surface area contributed by atoms with Crippen molar-refractivity contribution in [3.8, 4) is 0 Å². The molecule has 0 aliphatic carbocycles. The van der Waals surface area contributed by atoms with Crippen molar-refractivity contribution in [3.63, 3.8) is 0 Å². The number of hydrogen-bond donors (Lipinski definition) is 1. The van der Waals surface area contributed by atoms with Gasteiger partial charge in [0.1, 0.15) is 12.8 Å². The van der Waals surface area contributed by atoms with Crippen LogP contribution in [0.25, 0.3) is 0 Å². The zero-order chi connectivity index (χ0) is 8.27. The first-order valence-corrected chi connectivity index (χ1v) is 4.03. The third-order valence-corrected chi connectivity index (χ3v) is 1.87. The molecule has 0 bridgehead atoms. The van der Waals surface area contributed by atoms with Gasteiger partial charge in [-0.3, -0.25) is 0 Å². The Morgan fingerprint density at radius 2 is 2.27 bits per heavy atom. The van der Waals surface area contributed by atoms with Gasteiger partial charge in [0, 0.05) is 4.47 Å². The highest BCUT2D eigenvalue weighted by molar-refractivity contribution is 9.10. The van der Waals surface area contributed by atoms with Crippen LogP contribution in [0.4, 0.5) is 4.39 Å². The first-order chi connectivity index (χ1) is 5.24. The summed E-state index contributed by atoms with van der Waals surface area (Å²) in [5.74, 6) is 0. The monoisotopic (exact) mass is 218 g/mol. The zero-order valence-corrected chi connectivity index (χ0v) is 7.38. The van der Waals surface area contributed by atoms with Crippen LogP contribution in [0.5, 0.6) is 0 Å². The lowest BCUT2D eigenvalue weighted by Crippen LogP contribution is -1.98. The van der Waals surface area contributed by atoms with Crippen LogP contribution in [0.15, 0.2) is 28.7 Å². The van der Waals surface area contributed by atoms with Crippen LogP contribution in [0, 0.1) is 0 Å². The zero-order valence-electron chi connectivity index (χ0n) is 5.80. The Labute approximate surface area is 73.0 Å². The maximum absolute atomic E-state index is 11.9. The predicted molar refractivity (Wildman–Crippen MR) is 45.1 cm³/mol. The summed E-state index contributed by atoms with van der Waals surface area (Å²) in [6, 6.07) is 6.98. The molecule has 0 aliphatic heterocycles. The molecular weight excluding hydrogens is 211 g/mol. The SMILES string of the molecule is O[C@@H](CF)c1cccc(Br)c1. The van der Waals surface area contributed by atoms with Crippen LogP contribution in [-0.4, -0.2) is 11.8 Å². The first-order valence-electron chi connectivity index (χ1n) is 3.23. The number of hydrogen-bond acceptors (Lipinski definition) is 1. The van der Waals surface area contributed by atoms with Gasteiger partial charge in [-0.05, 0) is 17.7 Å². The van der Waals surface area contributed by atoms with Crippen molar-refractivity contribution in [2.24, 2.45) is 0 Å². The fourth-order valence-corrected chi connectivity index (χ4v) is 1.22. The average molecular weight is 219 g/mol. The molecule has 11 heavy (non-hydrogen) atoms. The van der Waals surface area contributed by atoms with Gasteiger partial charge in [-0.15, -0.1) is 0 Å². The summed E-state index contributed by atoms with van der Waals surface area (Å²) in [5, 5.41) is 9.06. The van der Waals surface area contributed by atoms with E-state index >= 15 is 0 Å². The average Bonchev–Trinajstić information content (AvgIpc) is 2.03. The first kappa shape index (κ1) is 8.68. The molecule has 0 spiro atoms. The Morgan fingerprint density at radius 3 is 2.82 bits per heavy atom. The second-order valence-electron chi connectivity index (χ2n) is 2.23. The summed E-state index contributed by atoms with van der Waals surface area (Å²) in [4.78, 5) is 0. The number of halogens is 2. The van der Waals surface area contributed by atoms with E-state index in [9.17, 15) is 4.39 Å². The number of aliphatic hydroxyl groups is 1. The van der Waals surface area contributed by atoms with Gasteiger partial charge >= 0.3 is 0 Å². The Bertz CT molecular complexity index is 239. The molecule has 60 valence electrons. The smallest absolute Gasteiger partial charge is 0.119 e. The number of rotatable bonds is 2. The van der Waals surface area contributed by atoms with Crippen LogP contribution in [0.2, 0.25) is 0 Å². The van der Waals surface area contributed by atoms with E-state index in [0.717, 1.165) is 4.47 Å². The molecule has 1 rings (SSSR count). The molecule has 0 unspecified atom stereocenters. The predicted octanol–water partition coefficient (Wildman–Crippen LogP) is 2.45. The van der Waals surface area contributed by atoms with Crippen molar-refractivity contribution in [1.29, 1.82) is 0 Å². The molecule has 1 aromatic rings. The summed E-state index contributed by atoms with van der Waals surface area (Å²) < 4.78 is 12.8. The third kappa shape index (κ3) is 2.27. The van der Waals surface area contributed by atoms with E-state index in [1.165, 1.54) is 0 Å². The lowest BCUT2D eigenvalue weighted by atomic mass is 10.1. The van der Waals surface area contributed by atoms with E-state index in [1.807, 2.05) is 6.07 Å². The van der Waals surface area contributed by atoms with Gasteiger partial charge in [-0.2, -0.15) is 0 Å². The van der Waals surface area contributed by atoms with Crippen molar-refractivity contribution in [3.05, 3.63) is 34.3 Å². The van der Waals surface area contributed by atoms with E-state index < -0.39 is 12.8 Å². The van der Waals surface area contributed by atoms with E-state index in [-0.39, 0.29) is 0 Å². The van der Waals surface area contributed by atoms with Gasteiger partial charge in [-0.25, -0.2) is 4.39 Å². The Morgan fingerprint density at radius 1 is 1.55 bits per heavy atom. The fourth-order valence-electron chi connectivity index (χ4n) is 0.803. The van der Waals surface area contributed by atoms with Crippen LogP contribution < -0.4 is 0 Å². The normalized spacial score (nSPS) is 13.0. The Hall–Kier alpha value is -0.410. The topological polar surface area (TPSA) is 20.2 Å². The van der Waals surface area contributed by atoms with E-state index in [4.69, 9.17) is 5.11 Å². The second kappa shape index (κ2) is 3.83. The molecule has 0 amide bonds. The van der Waals surface area contributed by atoms with E-state index in [1.54, 1.807) is 18.2 Å². The summed E-state index contributed by atoms with van der Waals surface area (Å²) in [6.45, 7) is -0.740. The van der Waals surface area contributed by atoms with Gasteiger partial charge < -0.3 is 5.11 Å². The molecule has 3 heteroatoms. The van der Waals surface area contributed by atoms with Crippen molar-refractivity contribution in [2.45, 2.75) is 6.10 Å². The second-order valence-corrected chi connectivity index (χ2v) is 3.14. The highest BCUT2D eigenvalue weighted by atomic mass is 79.9. The van der Waals surface area contributed by atoms with Crippen LogP contribution in [0.1, 0.15) is 11.7 Å². The highest BCUT2D eigenvalue weighted by Gasteiger charge is 2.05. The Kier molecular flexibility index (Phi) is 3.02. The molecule has 0 aliphatic rings. The molecule has 0 saturated carbocycles. The Balaban J connectivity index is 2.86. The molecule has 0 radical (unpaired) electrons. The summed E-state index contributed by atoms with van der Waals surface area (Å²) in [7, 11) is 0. The third-order valence-electron chi connectivity index (χ3n) is 1.38. The van der Waals surface area contributed by atoms with E-state index in [0.29, 0.717) is 5.56 Å². The van der Waals surface area contributed by atoms with E-state index in [2.05, 4.69) is 15.9 Å². The van der Waals surface area contributed by atoms with Crippen LogP contribution in [0.3, 0.4) is 0 Å². The minimum atomic E-state index is -0.993.